The maximum Gasteiger partial charge on any atom is 0.306 e. The van der Waals surface area contributed by atoms with Gasteiger partial charge < -0.3 is 10.6 Å². The molecule has 1 aliphatic heterocycles. The first kappa shape index (κ1) is 18.4. The maximum atomic E-state index is 12.1. The van der Waals surface area contributed by atoms with E-state index in [4.69, 9.17) is 5.73 Å². The van der Waals surface area contributed by atoms with Crippen molar-refractivity contribution in [2.24, 2.45) is 11.7 Å². The van der Waals surface area contributed by atoms with E-state index in [-0.39, 0.29) is 30.0 Å². The van der Waals surface area contributed by atoms with Gasteiger partial charge in [-0.3, -0.25) is 19.6 Å². The Morgan fingerprint density at radius 1 is 1.55 bits per heavy atom. The van der Waals surface area contributed by atoms with Crippen LogP contribution in [0.3, 0.4) is 0 Å². The number of aryl methyl sites for hydroxylation is 1. The van der Waals surface area contributed by atoms with Gasteiger partial charge in [0.2, 0.25) is 5.91 Å². The molecule has 1 aromatic heterocycles. The smallest absolute Gasteiger partial charge is 0.306 e. The normalized spacial score (nSPS) is 16.9. The number of halogens is 1. The Morgan fingerprint density at radius 3 is 2.68 bits per heavy atom. The topological polar surface area (TPSA) is 107 Å². The predicted octanol–water partition coefficient (Wildman–Crippen LogP) is 1.19. The van der Waals surface area contributed by atoms with Crippen molar-refractivity contribution in [3.05, 3.63) is 22.5 Å². The molecule has 1 atom stereocenters. The molecule has 2 N–H and O–H groups in total. The zero-order valence-corrected chi connectivity index (χ0v) is 13.4. The van der Waals surface area contributed by atoms with Crippen LogP contribution in [0.5, 0.6) is 0 Å². The van der Waals surface area contributed by atoms with E-state index in [1.807, 2.05) is 11.8 Å². The van der Waals surface area contributed by atoms with Crippen molar-refractivity contribution >= 4 is 24.0 Å². The van der Waals surface area contributed by atoms with Gasteiger partial charge in [0.05, 0.1) is 4.92 Å². The van der Waals surface area contributed by atoms with Gasteiger partial charge in [-0.05, 0) is 25.7 Å². The van der Waals surface area contributed by atoms with Crippen LogP contribution in [0.4, 0.5) is 5.69 Å². The van der Waals surface area contributed by atoms with Crippen LogP contribution in [0.15, 0.2) is 12.4 Å². The maximum absolute atomic E-state index is 12.1. The Bertz CT molecular complexity index is 512. The average Bonchev–Trinajstić information content (AvgIpc) is 2.94. The van der Waals surface area contributed by atoms with Crippen molar-refractivity contribution in [3.8, 4) is 0 Å². The molecule has 1 amide bonds. The molecule has 124 valence electrons. The molecule has 9 heteroatoms. The number of piperidine rings is 1. The van der Waals surface area contributed by atoms with Crippen LogP contribution in [-0.2, 0) is 11.3 Å². The van der Waals surface area contributed by atoms with Gasteiger partial charge in [0.1, 0.15) is 12.4 Å². The molecule has 8 nitrogen and oxygen atoms in total. The van der Waals surface area contributed by atoms with Crippen molar-refractivity contribution in [1.82, 2.24) is 14.7 Å². The summed E-state index contributed by atoms with van der Waals surface area (Å²) in [6, 6.07) is 0.173. The number of nitrogens with two attached hydrogens (primary N) is 1. The number of amides is 1. The Hall–Kier alpha value is -1.67. The molecular weight excluding hydrogens is 310 g/mol. The highest BCUT2D eigenvalue weighted by Crippen LogP contribution is 2.20. The van der Waals surface area contributed by atoms with E-state index >= 15 is 0 Å². The molecule has 22 heavy (non-hydrogen) atoms. The lowest BCUT2D eigenvalue weighted by molar-refractivity contribution is -0.385. The minimum atomic E-state index is -0.496. The molecule has 0 aromatic carbocycles. The Morgan fingerprint density at radius 2 is 2.18 bits per heavy atom. The van der Waals surface area contributed by atoms with Gasteiger partial charge in [-0.1, -0.05) is 0 Å². The van der Waals surface area contributed by atoms with E-state index in [1.54, 1.807) is 0 Å². The standard InChI is InChI=1S/C13H21N5O3.ClH/c1-10(14)11-2-5-16(6-3-11)13(19)4-7-17-9-12(8-15-17)18(20)21;/h8-11H,2-7,14H2,1H3;1H. The number of carbonyl (C=O) groups excluding carboxylic acids is 1. The molecule has 1 saturated heterocycles. The van der Waals surface area contributed by atoms with Crippen molar-refractivity contribution < 1.29 is 9.72 Å². The van der Waals surface area contributed by atoms with Crippen LogP contribution in [0, 0.1) is 16.0 Å². The zero-order valence-electron chi connectivity index (χ0n) is 12.6. The molecule has 1 aliphatic rings. The summed E-state index contributed by atoms with van der Waals surface area (Å²) < 4.78 is 1.44. The largest absolute Gasteiger partial charge is 0.343 e. The molecule has 0 spiro atoms. The summed E-state index contributed by atoms with van der Waals surface area (Å²) in [6.45, 7) is 3.85. The number of rotatable bonds is 5. The molecule has 1 fully saturated rings. The lowest BCUT2D eigenvalue weighted by atomic mass is 9.91. The highest BCUT2D eigenvalue weighted by atomic mass is 35.5. The number of nitro groups is 1. The monoisotopic (exact) mass is 331 g/mol. The number of aromatic nitrogens is 2. The van der Waals surface area contributed by atoms with Gasteiger partial charge >= 0.3 is 5.69 Å². The van der Waals surface area contributed by atoms with Gasteiger partial charge in [0, 0.05) is 32.1 Å². The van der Waals surface area contributed by atoms with Crippen LogP contribution in [0.1, 0.15) is 26.2 Å². The quantitative estimate of drug-likeness (QED) is 0.644. The number of likely N-dealkylation sites (tertiary alicyclic amines) is 1. The lowest BCUT2D eigenvalue weighted by Crippen LogP contribution is -2.42. The predicted molar refractivity (Wildman–Crippen MR) is 83.7 cm³/mol. The number of nitrogens with zero attached hydrogens (tertiary/aromatic N) is 4. The van der Waals surface area contributed by atoms with E-state index in [2.05, 4.69) is 5.10 Å². The summed E-state index contributed by atoms with van der Waals surface area (Å²) in [5.74, 6) is 0.555. The SMILES string of the molecule is CC(N)C1CCN(C(=O)CCn2cc([N+](=O)[O-])cn2)CC1.Cl. The third-order valence-electron chi connectivity index (χ3n) is 4.02. The van der Waals surface area contributed by atoms with E-state index in [0.29, 0.717) is 18.9 Å². The fourth-order valence-corrected chi connectivity index (χ4v) is 2.61. The minimum absolute atomic E-state index is 0. The average molecular weight is 332 g/mol. The molecule has 2 heterocycles. The molecule has 0 saturated carbocycles. The summed E-state index contributed by atoms with van der Waals surface area (Å²) in [7, 11) is 0. The van der Waals surface area contributed by atoms with Crippen molar-refractivity contribution in [2.75, 3.05) is 13.1 Å². The second-order valence-corrected chi connectivity index (χ2v) is 5.55. The second-order valence-electron chi connectivity index (χ2n) is 5.55. The van der Waals surface area contributed by atoms with E-state index in [9.17, 15) is 14.9 Å². The number of carbonyl (C=O) groups is 1. The first-order chi connectivity index (χ1) is 9.97. The third kappa shape index (κ3) is 4.67. The number of hydrogen-bond acceptors (Lipinski definition) is 5. The summed E-state index contributed by atoms with van der Waals surface area (Å²) in [4.78, 5) is 24.0. The molecule has 2 rings (SSSR count). The highest BCUT2D eigenvalue weighted by molar-refractivity contribution is 5.85. The van der Waals surface area contributed by atoms with Gasteiger partial charge in [-0.15, -0.1) is 12.4 Å². The minimum Gasteiger partial charge on any atom is -0.343 e. The van der Waals surface area contributed by atoms with Crippen molar-refractivity contribution in [1.29, 1.82) is 0 Å². The van der Waals surface area contributed by atoms with E-state index < -0.39 is 4.92 Å². The van der Waals surface area contributed by atoms with Gasteiger partial charge in [-0.2, -0.15) is 5.10 Å². The van der Waals surface area contributed by atoms with E-state index in [1.165, 1.54) is 17.1 Å². The van der Waals surface area contributed by atoms with Gasteiger partial charge in [0.15, 0.2) is 0 Å². The summed E-state index contributed by atoms with van der Waals surface area (Å²) in [5.41, 5.74) is 5.82. The first-order valence-corrected chi connectivity index (χ1v) is 7.17. The summed E-state index contributed by atoms with van der Waals surface area (Å²) in [5, 5.41) is 14.4. The fourth-order valence-electron chi connectivity index (χ4n) is 2.61. The Balaban J connectivity index is 0.00000242. The fraction of sp³-hybridized carbons (Fsp3) is 0.692. The number of hydrogen-bond donors (Lipinski definition) is 1. The summed E-state index contributed by atoms with van der Waals surface area (Å²) in [6.07, 6.45) is 4.73. The second kappa shape index (κ2) is 8.09. The van der Waals surface area contributed by atoms with Crippen LogP contribution >= 0.6 is 12.4 Å². The van der Waals surface area contributed by atoms with Gasteiger partial charge in [0.25, 0.3) is 0 Å². The van der Waals surface area contributed by atoms with Crippen LogP contribution in [0.2, 0.25) is 0 Å². The highest BCUT2D eigenvalue weighted by Gasteiger charge is 2.24. The molecular formula is C13H22ClN5O3. The third-order valence-corrected chi connectivity index (χ3v) is 4.02. The van der Waals surface area contributed by atoms with E-state index in [0.717, 1.165) is 25.9 Å². The molecule has 0 bridgehead atoms. The van der Waals surface area contributed by atoms with Crippen molar-refractivity contribution in [3.63, 3.8) is 0 Å². The first-order valence-electron chi connectivity index (χ1n) is 7.17. The lowest BCUT2D eigenvalue weighted by Gasteiger charge is -2.33. The molecule has 1 unspecified atom stereocenters. The van der Waals surface area contributed by atoms with Crippen molar-refractivity contribution in [2.45, 2.75) is 38.8 Å². The molecule has 0 radical (unpaired) electrons. The van der Waals surface area contributed by atoms with Gasteiger partial charge in [-0.25, -0.2) is 0 Å². The zero-order chi connectivity index (χ0) is 15.4. The van der Waals surface area contributed by atoms with Crippen LogP contribution in [0.25, 0.3) is 0 Å². The molecule has 0 aliphatic carbocycles. The Labute approximate surface area is 135 Å². The summed E-state index contributed by atoms with van der Waals surface area (Å²) >= 11 is 0. The molecule has 1 aromatic rings. The Kier molecular flexibility index (Phi) is 6.76. The van der Waals surface area contributed by atoms with Crippen LogP contribution in [-0.4, -0.2) is 44.6 Å². The van der Waals surface area contributed by atoms with Crippen LogP contribution < -0.4 is 5.73 Å².